The van der Waals surface area contributed by atoms with E-state index in [4.69, 9.17) is 57.2 Å². The molecule has 0 fully saturated rings. The zero-order valence-electron chi connectivity index (χ0n) is 76.3. The minimum absolute atomic E-state index is 0.0393. The number of methoxy groups -OCH3 is 8. The van der Waals surface area contributed by atoms with Crippen LogP contribution in [0.1, 0.15) is 61.2 Å². The number of hydrogen-bond acceptors (Lipinski definition) is 28. The minimum atomic E-state index is -3.55. The topological polar surface area (TPSA) is 386 Å². The van der Waals surface area contributed by atoms with Gasteiger partial charge in [0, 0.05) is 78.2 Å². The normalized spacial score (nSPS) is 11.8. The number of nitrogens with zero attached hydrogens (tertiary/aromatic N) is 1. The van der Waals surface area contributed by atoms with Crippen LogP contribution in [0.4, 0.5) is 0 Å². The summed E-state index contributed by atoms with van der Waals surface area (Å²) < 4.78 is 171. The molecular weight excluding hydrogens is 1730 g/mol. The molecule has 0 aromatic heterocycles. The third kappa shape index (κ3) is 38.6. The standard InChI is InChI=1S/C16H19NO2.C12H17NO2.C11H17NO3.C10H15NO.C9H13NO2S.C9H11NO2.C9H12O3S.C8H12N2O2S.C8H11NO4S2/c1-17-11-14-8-9-15(16(10-14)18-2)19-12-13-6-4-3-5-7-13;1-13-5-4-9-6-11(14-2)12(15-3)7-10(9)8-13;1-12-7-8-5-9(13-2)11(15-4)10(6-8)14-3;1-8-4-5-9(7-11-2)6-10(8)12-3;1-10-7-8-3-5-9(6-4-8)13(2,11)12;1-10-5-7-2-3-8-9(4-7)12-6-11-8;1-12-7-8-3-5-9(6-4-8)13(2,10)11;1-10-6-7-2-4-8(5-3-7)13(9,11)12;1-9-15(12,13)8-5-3-7(4-6-8)14(2,10)11/h3-10,17H,11-12H2,1-2H3;6-7H,4-5,8H2,1-3H3;5-6,12H,7H2,1-4H3;4-6,11H,7H2,1-3H3;3-6,10H,7H2,1-2H3;2-4,10H,5-6H2,1H3;3-6H,7H2,1-2H3;2-5,10H,6H2,1H3,(H2,9,11,12);3-6,9H,1-2H3. The molecule has 0 radical (unpaired) electrons. The maximum absolute atomic E-state index is 11.3. The smallest absolute Gasteiger partial charge is 0.240 e. The molecule has 696 valence electrons. The second kappa shape index (κ2) is 56.0. The van der Waals surface area contributed by atoms with Gasteiger partial charge in [0.15, 0.2) is 75.5 Å². The molecule has 2 aliphatic heterocycles. The zero-order valence-corrected chi connectivity index (χ0v) is 80.3. The van der Waals surface area contributed by atoms with Gasteiger partial charge in [0.25, 0.3) is 0 Å². The Labute approximate surface area is 752 Å². The summed E-state index contributed by atoms with van der Waals surface area (Å²) in [6.07, 6.45) is 4.55. The monoisotopic (exact) mass is 1850 g/mol. The van der Waals surface area contributed by atoms with Gasteiger partial charge in [-0.25, -0.2) is 52.0 Å². The fraction of sp³-hybridized carbons (Fsp3) is 0.348. The van der Waals surface area contributed by atoms with E-state index >= 15 is 0 Å². The number of rotatable bonds is 30. The number of benzene rings is 10. The van der Waals surface area contributed by atoms with Crippen molar-refractivity contribution >= 4 is 49.6 Å². The Kier molecular flexibility index (Phi) is 48.0. The van der Waals surface area contributed by atoms with Gasteiger partial charge in [-0.3, -0.25) is 0 Å². The van der Waals surface area contributed by atoms with Gasteiger partial charge < -0.3 is 88.9 Å². The van der Waals surface area contributed by atoms with E-state index in [1.54, 1.807) is 105 Å². The zero-order chi connectivity index (χ0) is 94.3. The van der Waals surface area contributed by atoms with Gasteiger partial charge >= 0.3 is 0 Å². The molecule has 30 nitrogen and oxygen atoms in total. The third-order valence-corrected chi connectivity index (χ3v) is 24.1. The summed E-state index contributed by atoms with van der Waals surface area (Å²) in [5.74, 6) is 7.84. The first-order valence-corrected chi connectivity index (χ1v) is 48.5. The summed E-state index contributed by atoms with van der Waals surface area (Å²) in [5, 5.41) is 23.3. The van der Waals surface area contributed by atoms with E-state index in [1.807, 2.05) is 140 Å². The maximum atomic E-state index is 11.3. The van der Waals surface area contributed by atoms with Crippen LogP contribution < -0.4 is 89.1 Å². The first-order valence-electron chi connectivity index (χ1n) is 39.8. The predicted octanol–water partition coefficient (Wildman–Crippen LogP) is 11.1. The highest BCUT2D eigenvalue weighted by Gasteiger charge is 2.20. The SMILES string of the molecule is CNCc1cc(OC)c(OC)c(OC)c1.CNCc1ccc(C)c(OC)c1.CNCc1ccc(OCc2ccccc2)c(OC)c1.CNCc1ccc(S(C)(=O)=O)cc1.CNCc1ccc(S(N)(=O)=O)cc1.CNCc1ccc2c(c1)OCO2.CNS(=O)(=O)c1ccc(S(C)(=O)=O)cc1.COCc1ccc(S(C)(=O)=O)cc1.COc1cc2c(cc1OC)CN(C)CC2. The molecule has 0 spiro atoms. The number of fused-ring (bicyclic) bond motifs is 2. The van der Waals surface area contributed by atoms with Crippen molar-refractivity contribution in [1.82, 2.24) is 41.5 Å². The molecule has 35 heteroatoms. The largest absolute Gasteiger partial charge is 0.496 e. The second-order valence-corrected chi connectivity index (χ2v) is 37.8. The molecule has 2 heterocycles. The second-order valence-electron chi connectivity index (χ2n) is 28.3. The molecule has 127 heavy (non-hydrogen) atoms. The number of primary sulfonamides is 1. The van der Waals surface area contributed by atoms with Crippen LogP contribution in [-0.4, -0.2) is 192 Å². The number of nitrogens with two attached hydrogens (primary N) is 1. The number of aryl methyl sites for hydroxylation is 1. The Balaban J connectivity index is 0.000000300. The lowest BCUT2D eigenvalue weighted by molar-refractivity contribution is 0.174. The van der Waals surface area contributed by atoms with E-state index in [1.165, 1.54) is 89.3 Å². The highest BCUT2D eigenvalue weighted by atomic mass is 32.2. The van der Waals surface area contributed by atoms with Gasteiger partial charge in [0.05, 0.1) is 80.9 Å². The first-order chi connectivity index (χ1) is 60.4. The molecule has 10 aromatic carbocycles. The van der Waals surface area contributed by atoms with Gasteiger partial charge in [0.2, 0.25) is 32.6 Å². The Bertz CT molecular complexity index is 5330. The molecule has 2 aliphatic rings. The summed E-state index contributed by atoms with van der Waals surface area (Å²) in [7, 11) is 11.4. The van der Waals surface area contributed by atoms with Gasteiger partial charge in [-0.2, -0.15) is 0 Å². The minimum Gasteiger partial charge on any atom is -0.496 e. The van der Waals surface area contributed by atoms with Crippen molar-refractivity contribution in [1.29, 1.82) is 0 Å². The average molecular weight is 1860 g/mol. The van der Waals surface area contributed by atoms with Crippen LogP contribution in [-0.2, 0) is 120 Å². The van der Waals surface area contributed by atoms with Crippen molar-refractivity contribution in [3.8, 4) is 57.5 Å². The highest BCUT2D eigenvalue weighted by Crippen LogP contribution is 2.39. The average Bonchev–Trinajstić information content (AvgIpc) is 1.53. The fourth-order valence-corrected chi connectivity index (χ4v) is 15.0. The predicted molar refractivity (Wildman–Crippen MR) is 500 cm³/mol. The van der Waals surface area contributed by atoms with Gasteiger partial charge in [0.1, 0.15) is 12.4 Å². The quantitative estimate of drug-likeness (QED) is 0.0207. The van der Waals surface area contributed by atoms with Crippen molar-refractivity contribution in [2.24, 2.45) is 5.14 Å². The lowest BCUT2D eigenvalue weighted by Crippen LogP contribution is -2.26. The van der Waals surface area contributed by atoms with Crippen LogP contribution in [0.25, 0.3) is 0 Å². The molecule has 0 bridgehead atoms. The number of likely N-dealkylation sites (N-methyl/N-ethyl adjacent to an activating group) is 1. The summed E-state index contributed by atoms with van der Waals surface area (Å²) in [5.41, 5.74) is 12.8. The van der Waals surface area contributed by atoms with Crippen molar-refractivity contribution in [3.63, 3.8) is 0 Å². The maximum Gasteiger partial charge on any atom is 0.240 e. The molecular formula is C92H127N9O21S5. The van der Waals surface area contributed by atoms with Gasteiger partial charge in [-0.15, -0.1) is 0 Å². The molecule has 0 saturated heterocycles. The van der Waals surface area contributed by atoms with Crippen molar-refractivity contribution in [2.45, 2.75) is 96.8 Å². The van der Waals surface area contributed by atoms with Crippen LogP contribution in [0, 0.1) is 6.92 Å². The van der Waals surface area contributed by atoms with E-state index in [0.717, 1.165) is 127 Å². The summed E-state index contributed by atoms with van der Waals surface area (Å²) in [6, 6.07) is 61.4. The number of sulfonamides is 2. The van der Waals surface area contributed by atoms with Gasteiger partial charge in [-0.1, -0.05) is 91.0 Å². The van der Waals surface area contributed by atoms with Crippen LogP contribution >= 0.6 is 0 Å². The van der Waals surface area contributed by atoms with Crippen molar-refractivity contribution in [2.75, 3.05) is 145 Å². The van der Waals surface area contributed by atoms with Crippen molar-refractivity contribution in [3.05, 3.63) is 267 Å². The summed E-state index contributed by atoms with van der Waals surface area (Å²) in [6.45, 7) is 10.3. The molecule has 0 aliphatic carbocycles. The number of ether oxygens (including phenoxy) is 11. The van der Waals surface area contributed by atoms with E-state index in [2.05, 4.69) is 78.9 Å². The molecule has 0 unspecified atom stereocenters. The van der Waals surface area contributed by atoms with E-state index in [0.29, 0.717) is 53.6 Å². The molecule has 0 atom stereocenters. The Hall–Kier alpha value is -10.5. The molecule has 0 amide bonds. The van der Waals surface area contributed by atoms with Crippen molar-refractivity contribution < 1.29 is 94.2 Å². The molecule has 0 saturated carbocycles. The Morgan fingerprint density at radius 3 is 1.15 bits per heavy atom. The number of sulfone groups is 3. The van der Waals surface area contributed by atoms with E-state index < -0.39 is 49.6 Å². The van der Waals surface area contributed by atoms with Crippen LogP contribution in [0.15, 0.2) is 231 Å². The van der Waals surface area contributed by atoms with E-state index in [9.17, 15) is 42.1 Å². The van der Waals surface area contributed by atoms with Crippen LogP contribution in [0.2, 0.25) is 0 Å². The lowest BCUT2D eigenvalue weighted by Gasteiger charge is -2.26. The molecule has 12 rings (SSSR count). The first kappa shape index (κ1) is 109. The van der Waals surface area contributed by atoms with Gasteiger partial charge in [-0.05, 0) is 246 Å². The fourth-order valence-electron chi connectivity index (χ4n) is 11.8. The molecule has 9 N–H and O–H groups in total. The Morgan fingerprint density at radius 1 is 0.354 bits per heavy atom. The number of hydrogen-bond donors (Lipinski definition) is 8. The lowest BCUT2D eigenvalue weighted by atomic mass is 9.99. The number of nitrogens with one attached hydrogen (secondary N) is 7. The summed E-state index contributed by atoms with van der Waals surface area (Å²) >= 11 is 0. The molecule has 10 aromatic rings. The van der Waals surface area contributed by atoms with Crippen LogP contribution in [0.5, 0.6) is 57.5 Å². The highest BCUT2D eigenvalue weighted by molar-refractivity contribution is 7.91. The Morgan fingerprint density at radius 2 is 0.717 bits per heavy atom. The summed E-state index contributed by atoms with van der Waals surface area (Å²) in [4.78, 5) is 3.30. The van der Waals surface area contributed by atoms with E-state index in [-0.39, 0.29) is 14.7 Å². The third-order valence-electron chi connectivity index (χ3n) is 18.4. The van der Waals surface area contributed by atoms with Crippen LogP contribution in [0.3, 0.4) is 0 Å².